The van der Waals surface area contributed by atoms with E-state index in [-0.39, 0.29) is 17.9 Å². The molecule has 4 nitrogen and oxygen atoms in total. The van der Waals surface area contributed by atoms with Crippen molar-refractivity contribution in [3.8, 4) is 0 Å². The van der Waals surface area contributed by atoms with Crippen LogP contribution in [0, 0.1) is 5.92 Å². The molecule has 1 amide bonds. The molecule has 3 rings (SSSR count). The molecular weight excluding hydrogens is 336 g/mol. The molecule has 1 aromatic rings. The maximum atomic E-state index is 13.1. The van der Waals surface area contributed by atoms with Crippen molar-refractivity contribution in [2.75, 3.05) is 19.6 Å². The second-order valence-corrected chi connectivity index (χ2v) is 8.41. The number of aliphatic hydroxyl groups is 1. The Morgan fingerprint density at radius 2 is 1.81 bits per heavy atom. The SMILES string of the molecule is CCCCCCN1CCC(NC(=O)C(O)(c2ccccc2)C2CCC2)CC1. The Labute approximate surface area is 164 Å². The summed E-state index contributed by atoms with van der Waals surface area (Å²) in [7, 11) is 0. The van der Waals surface area contributed by atoms with Crippen molar-refractivity contribution in [1.82, 2.24) is 10.2 Å². The molecule has 0 spiro atoms. The number of likely N-dealkylation sites (tertiary alicyclic amines) is 1. The van der Waals surface area contributed by atoms with Gasteiger partial charge in [0.25, 0.3) is 5.91 Å². The second kappa shape index (κ2) is 9.70. The zero-order valence-electron chi connectivity index (χ0n) is 16.8. The van der Waals surface area contributed by atoms with Gasteiger partial charge in [0.2, 0.25) is 0 Å². The summed E-state index contributed by atoms with van der Waals surface area (Å²) in [6.45, 7) is 5.51. The summed E-state index contributed by atoms with van der Waals surface area (Å²) >= 11 is 0. The third-order valence-corrected chi connectivity index (χ3v) is 6.51. The highest BCUT2D eigenvalue weighted by molar-refractivity contribution is 5.87. The number of hydrogen-bond acceptors (Lipinski definition) is 3. The van der Waals surface area contributed by atoms with Crippen LogP contribution in [-0.4, -0.2) is 41.6 Å². The van der Waals surface area contributed by atoms with E-state index >= 15 is 0 Å². The van der Waals surface area contributed by atoms with Crippen LogP contribution >= 0.6 is 0 Å². The van der Waals surface area contributed by atoms with Gasteiger partial charge in [-0.3, -0.25) is 4.79 Å². The van der Waals surface area contributed by atoms with Crippen LogP contribution in [0.2, 0.25) is 0 Å². The Kier molecular flexibility index (Phi) is 7.31. The normalized spacial score (nSPS) is 21.4. The number of benzene rings is 1. The molecular formula is C23H36N2O2. The molecule has 0 bridgehead atoms. The standard InChI is InChI=1S/C23H36N2O2/c1-2-3-4-8-16-25-17-14-21(15-18-25)24-22(26)23(27,20-12-9-13-20)19-10-6-5-7-11-19/h5-7,10-11,20-21,27H,2-4,8-9,12-18H2,1H3,(H,24,26). The van der Waals surface area contributed by atoms with Gasteiger partial charge in [0, 0.05) is 25.0 Å². The molecule has 1 saturated heterocycles. The molecule has 1 unspecified atom stereocenters. The second-order valence-electron chi connectivity index (χ2n) is 8.41. The summed E-state index contributed by atoms with van der Waals surface area (Å²) in [5.74, 6) is -0.154. The van der Waals surface area contributed by atoms with Gasteiger partial charge in [-0.25, -0.2) is 0 Å². The molecule has 0 aromatic heterocycles. The Hall–Kier alpha value is -1.39. The first-order chi connectivity index (χ1) is 13.1. The fourth-order valence-electron chi connectivity index (χ4n) is 4.43. The zero-order chi connectivity index (χ0) is 19.1. The molecule has 1 aromatic carbocycles. The van der Waals surface area contributed by atoms with Gasteiger partial charge in [-0.1, -0.05) is 62.9 Å². The van der Waals surface area contributed by atoms with Crippen LogP contribution in [0.4, 0.5) is 0 Å². The van der Waals surface area contributed by atoms with Crippen LogP contribution in [0.1, 0.15) is 70.3 Å². The maximum absolute atomic E-state index is 13.1. The predicted octanol–water partition coefficient (Wildman–Crippen LogP) is 3.84. The summed E-state index contributed by atoms with van der Waals surface area (Å²) in [4.78, 5) is 15.6. The Bertz CT molecular complexity index is 579. The molecule has 27 heavy (non-hydrogen) atoms. The third kappa shape index (κ3) is 4.91. The summed E-state index contributed by atoms with van der Waals surface area (Å²) in [5.41, 5.74) is -0.642. The van der Waals surface area contributed by atoms with E-state index in [4.69, 9.17) is 0 Å². The lowest BCUT2D eigenvalue weighted by atomic mass is 9.69. The largest absolute Gasteiger partial charge is 0.375 e. The van der Waals surface area contributed by atoms with E-state index in [2.05, 4.69) is 17.1 Å². The first-order valence-corrected chi connectivity index (χ1v) is 11.0. The van der Waals surface area contributed by atoms with Gasteiger partial charge in [0.1, 0.15) is 0 Å². The minimum atomic E-state index is -1.38. The summed E-state index contributed by atoms with van der Waals surface area (Å²) < 4.78 is 0. The average Bonchev–Trinajstić information content (AvgIpc) is 2.65. The van der Waals surface area contributed by atoms with E-state index in [0.717, 1.165) is 50.8 Å². The van der Waals surface area contributed by atoms with Crippen LogP contribution < -0.4 is 5.32 Å². The Balaban J connectivity index is 1.53. The molecule has 1 heterocycles. The number of rotatable bonds is 9. The first-order valence-electron chi connectivity index (χ1n) is 11.0. The predicted molar refractivity (Wildman–Crippen MR) is 109 cm³/mol. The number of hydrogen-bond donors (Lipinski definition) is 2. The maximum Gasteiger partial charge on any atom is 0.257 e. The molecule has 1 saturated carbocycles. The lowest BCUT2D eigenvalue weighted by Gasteiger charge is -2.42. The topological polar surface area (TPSA) is 52.6 Å². The van der Waals surface area contributed by atoms with Gasteiger partial charge >= 0.3 is 0 Å². The fraction of sp³-hybridized carbons (Fsp3) is 0.696. The zero-order valence-corrected chi connectivity index (χ0v) is 16.8. The van der Waals surface area contributed by atoms with E-state index in [1.165, 1.54) is 32.2 Å². The monoisotopic (exact) mass is 372 g/mol. The molecule has 1 aliphatic heterocycles. The van der Waals surface area contributed by atoms with Gasteiger partial charge in [0.15, 0.2) is 5.60 Å². The summed E-state index contributed by atoms with van der Waals surface area (Å²) in [6.07, 6.45) is 10.1. The molecule has 2 aliphatic rings. The highest BCUT2D eigenvalue weighted by Gasteiger charge is 2.48. The molecule has 0 radical (unpaired) electrons. The van der Waals surface area contributed by atoms with Gasteiger partial charge in [-0.05, 0) is 44.2 Å². The highest BCUT2D eigenvalue weighted by atomic mass is 16.3. The number of carbonyl (C=O) groups is 1. The average molecular weight is 373 g/mol. The van der Waals surface area contributed by atoms with Crippen LogP contribution in [0.3, 0.4) is 0 Å². The summed E-state index contributed by atoms with van der Waals surface area (Å²) in [5, 5.41) is 14.6. The van der Waals surface area contributed by atoms with Crippen LogP contribution in [0.15, 0.2) is 30.3 Å². The molecule has 1 aliphatic carbocycles. The van der Waals surface area contributed by atoms with Gasteiger partial charge in [-0.15, -0.1) is 0 Å². The van der Waals surface area contributed by atoms with Crippen LogP contribution in [0.25, 0.3) is 0 Å². The summed E-state index contributed by atoms with van der Waals surface area (Å²) in [6, 6.07) is 9.69. The number of nitrogens with zero attached hydrogens (tertiary/aromatic N) is 1. The van der Waals surface area contributed by atoms with Gasteiger partial charge < -0.3 is 15.3 Å². The number of piperidine rings is 1. The van der Waals surface area contributed by atoms with Crippen molar-refractivity contribution in [3.63, 3.8) is 0 Å². The van der Waals surface area contributed by atoms with Crippen molar-refractivity contribution >= 4 is 5.91 Å². The minimum absolute atomic E-state index is 0.0403. The van der Waals surface area contributed by atoms with Crippen molar-refractivity contribution in [2.45, 2.75) is 76.4 Å². The quantitative estimate of drug-likeness (QED) is 0.648. The molecule has 1 atom stereocenters. The smallest absolute Gasteiger partial charge is 0.257 e. The van der Waals surface area contributed by atoms with Crippen LogP contribution in [0.5, 0.6) is 0 Å². The Morgan fingerprint density at radius 3 is 2.41 bits per heavy atom. The van der Waals surface area contributed by atoms with E-state index in [1.807, 2.05) is 30.3 Å². The molecule has 4 heteroatoms. The third-order valence-electron chi connectivity index (χ3n) is 6.51. The Morgan fingerprint density at radius 1 is 1.11 bits per heavy atom. The van der Waals surface area contributed by atoms with E-state index < -0.39 is 5.60 Å². The minimum Gasteiger partial charge on any atom is -0.375 e. The van der Waals surface area contributed by atoms with Crippen molar-refractivity contribution in [3.05, 3.63) is 35.9 Å². The van der Waals surface area contributed by atoms with E-state index in [9.17, 15) is 9.90 Å². The highest BCUT2D eigenvalue weighted by Crippen LogP contribution is 2.42. The number of nitrogens with one attached hydrogen (secondary N) is 1. The van der Waals surface area contributed by atoms with Crippen molar-refractivity contribution in [2.24, 2.45) is 5.92 Å². The van der Waals surface area contributed by atoms with Crippen LogP contribution in [-0.2, 0) is 10.4 Å². The van der Waals surface area contributed by atoms with E-state index in [0.29, 0.717) is 0 Å². The fourth-order valence-corrected chi connectivity index (χ4v) is 4.43. The van der Waals surface area contributed by atoms with E-state index in [1.54, 1.807) is 0 Å². The number of amides is 1. The van der Waals surface area contributed by atoms with Crippen molar-refractivity contribution < 1.29 is 9.90 Å². The lowest BCUT2D eigenvalue weighted by molar-refractivity contribution is -0.153. The molecule has 150 valence electrons. The first kappa shape index (κ1) is 20.3. The molecule has 2 N–H and O–H groups in total. The van der Waals surface area contributed by atoms with Gasteiger partial charge in [0.05, 0.1) is 0 Å². The number of unbranched alkanes of at least 4 members (excludes halogenated alkanes) is 3. The van der Waals surface area contributed by atoms with Gasteiger partial charge in [-0.2, -0.15) is 0 Å². The number of carbonyl (C=O) groups excluding carboxylic acids is 1. The lowest BCUT2D eigenvalue weighted by Crippen LogP contribution is -2.55. The van der Waals surface area contributed by atoms with Crippen molar-refractivity contribution in [1.29, 1.82) is 0 Å². The molecule has 2 fully saturated rings.